The quantitative estimate of drug-likeness (QED) is 0.113. The Morgan fingerprint density at radius 2 is 1.54 bits per heavy atom. The number of carbonyl (C=O) groups excluding carboxylic acids is 5. The zero-order chi connectivity index (χ0) is 24.6. The molecule has 0 aromatic heterocycles. The first kappa shape index (κ1) is 37.7. The van der Waals surface area contributed by atoms with Crippen molar-refractivity contribution in [2.75, 3.05) is 26.4 Å². The number of benzene rings is 1. The van der Waals surface area contributed by atoms with Gasteiger partial charge in [-0.05, 0) is 18.4 Å². The van der Waals surface area contributed by atoms with E-state index in [1.807, 2.05) is 13.8 Å². The number of amides is 2. The molecule has 0 unspecified atom stereocenters. The minimum atomic E-state index is -0.617. The molecule has 0 aliphatic heterocycles. The van der Waals surface area contributed by atoms with Gasteiger partial charge in [0.15, 0.2) is 0 Å². The zero-order valence-electron chi connectivity index (χ0n) is 21.5. The molecule has 9 nitrogen and oxygen atoms in total. The molecule has 0 radical (unpaired) electrons. The molecule has 0 bridgehead atoms. The summed E-state index contributed by atoms with van der Waals surface area (Å²) in [5.41, 5.74) is 1.08. The van der Waals surface area contributed by atoms with Crippen LogP contribution >= 0.6 is 0 Å². The predicted octanol–water partition coefficient (Wildman–Crippen LogP) is -2.40. The Hall–Kier alpha value is 0.540. The summed E-state index contributed by atoms with van der Waals surface area (Å²) in [5, 5.41) is 7.61. The summed E-state index contributed by atoms with van der Waals surface area (Å²) in [6.45, 7) is 6.26. The number of hydrogen-bond donors (Lipinski definition) is 0. The van der Waals surface area contributed by atoms with Crippen molar-refractivity contribution in [2.24, 2.45) is 5.92 Å². The molecule has 0 aliphatic rings. The number of ether oxygens (including phenoxy) is 2. The monoisotopic (exact) mass is 630 g/mol. The molecule has 0 atom stereocenters. The van der Waals surface area contributed by atoms with Crippen molar-refractivity contribution in [2.45, 2.75) is 52.9 Å². The smallest absolute Gasteiger partial charge is 0.651 e. The van der Waals surface area contributed by atoms with Gasteiger partial charge in [0.05, 0.1) is 24.8 Å². The molecule has 0 saturated carbocycles. The van der Waals surface area contributed by atoms with Gasteiger partial charge in [-0.25, -0.2) is 0 Å². The molecular weight excluding hydrogens is 599 g/mol. The van der Waals surface area contributed by atoms with Crippen LogP contribution in [0.3, 0.4) is 0 Å². The standard InChI is InChI=1S/C24H34N2O7.2Rb/c1-17(2)13-24(31)33-11-4-10-32-12-9-25-22(29)16-23(30)26-20-7-5-19(6-8-20)15-21(28)14-18(3)27;;/h5-8,17H,4,9-16H2,1-3H3,(H2,25,26,29,30);;/q;2*+1/p-2. The van der Waals surface area contributed by atoms with Gasteiger partial charge in [0.25, 0.3) is 0 Å². The Bertz CT molecular complexity index is 815. The van der Waals surface area contributed by atoms with Crippen LogP contribution in [-0.4, -0.2) is 55.7 Å². The first-order chi connectivity index (χ1) is 15.7. The Morgan fingerprint density at radius 3 is 2.14 bits per heavy atom. The van der Waals surface area contributed by atoms with Crippen LogP contribution in [0.4, 0.5) is 5.69 Å². The van der Waals surface area contributed by atoms with E-state index in [4.69, 9.17) is 9.47 Å². The number of rotatable bonds is 16. The van der Waals surface area contributed by atoms with Crippen molar-refractivity contribution >= 4 is 35.0 Å². The maximum Gasteiger partial charge on any atom is 1.00 e. The molecule has 0 N–H and O–H groups in total. The molecule has 11 heteroatoms. The fourth-order valence-electron chi connectivity index (χ4n) is 2.70. The predicted molar refractivity (Wildman–Crippen MR) is 122 cm³/mol. The molecule has 0 aliphatic carbocycles. The molecule has 0 fully saturated rings. The van der Waals surface area contributed by atoms with E-state index in [-0.39, 0.29) is 172 Å². The van der Waals surface area contributed by atoms with Gasteiger partial charge >= 0.3 is 122 Å². The van der Waals surface area contributed by atoms with Crippen molar-refractivity contribution in [1.82, 2.24) is 0 Å². The summed E-state index contributed by atoms with van der Waals surface area (Å²) in [6.07, 6.45) is 0.538. The maximum absolute atomic E-state index is 11.9. The van der Waals surface area contributed by atoms with Gasteiger partial charge < -0.3 is 29.7 Å². The number of carbonyl (C=O) groups is 5. The average Bonchev–Trinajstić information content (AvgIpc) is 2.70. The number of nitrogens with zero attached hydrogens (tertiary/aromatic N) is 2. The van der Waals surface area contributed by atoms with E-state index >= 15 is 0 Å². The summed E-state index contributed by atoms with van der Waals surface area (Å²) in [4.78, 5) is 57.7. The Balaban J connectivity index is 0. The van der Waals surface area contributed by atoms with E-state index in [9.17, 15) is 24.0 Å². The Kier molecular flexibility index (Phi) is 24.2. The van der Waals surface area contributed by atoms with Gasteiger partial charge in [-0.1, -0.05) is 38.1 Å². The van der Waals surface area contributed by atoms with E-state index in [1.54, 1.807) is 24.3 Å². The molecule has 0 saturated heterocycles. The summed E-state index contributed by atoms with van der Waals surface area (Å²) in [6, 6.07) is 6.45. The third-order valence-corrected chi connectivity index (χ3v) is 4.13. The van der Waals surface area contributed by atoms with Crippen LogP contribution in [-0.2, 0) is 39.9 Å². The minimum absolute atomic E-state index is 0. The SMILES string of the molecule is CC(=O)CC(=O)Cc1ccc([N-]C(=O)CC(=O)[N-]CCOCCCOC(=O)CC(C)C)cc1.[Rb+].[Rb+]. The molecule has 182 valence electrons. The van der Waals surface area contributed by atoms with Crippen molar-refractivity contribution in [3.05, 3.63) is 40.5 Å². The van der Waals surface area contributed by atoms with Gasteiger partial charge in [-0.2, -0.15) is 0 Å². The molecule has 1 rings (SSSR count). The maximum atomic E-state index is 11.9. The summed E-state index contributed by atoms with van der Waals surface area (Å²) >= 11 is 0. The van der Waals surface area contributed by atoms with E-state index in [0.29, 0.717) is 30.7 Å². The number of hydrogen-bond acceptors (Lipinski definition) is 7. The summed E-state index contributed by atoms with van der Waals surface area (Å²) in [5.74, 6) is -1.52. The van der Waals surface area contributed by atoms with Crippen LogP contribution in [0.1, 0.15) is 52.0 Å². The van der Waals surface area contributed by atoms with Gasteiger partial charge in [-0.3, -0.25) is 14.4 Å². The third kappa shape index (κ3) is 21.2. The molecule has 35 heavy (non-hydrogen) atoms. The zero-order valence-corrected chi connectivity index (χ0v) is 31.3. The van der Waals surface area contributed by atoms with E-state index in [1.165, 1.54) is 6.92 Å². The Morgan fingerprint density at radius 1 is 0.886 bits per heavy atom. The first-order valence-electron chi connectivity index (χ1n) is 10.9. The second kappa shape index (κ2) is 22.5. The topological polar surface area (TPSA) is 132 Å². The second-order valence-corrected chi connectivity index (χ2v) is 8.00. The van der Waals surface area contributed by atoms with Gasteiger partial charge in [0, 0.05) is 38.9 Å². The van der Waals surface area contributed by atoms with E-state index in [0.717, 1.165) is 0 Å². The number of esters is 1. The summed E-state index contributed by atoms with van der Waals surface area (Å²) in [7, 11) is 0. The van der Waals surface area contributed by atoms with Crippen LogP contribution in [0.5, 0.6) is 0 Å². The van der Waals surface area contributed by atoms with Gasteiger partial charge in [0.2, 0.25) is 0 Å². The van der Waals surface area contributed by atoms with Crippen molar-refractivity contribution in [3.8, 4) is 0 Å². The van der Waals surface area contributed by atoms with Crippen molar-refractivity contribution < 1.29 is 150 Å². The van der Waals surface area contributed by atoms with Crippen molar-refractivity contribution in [1.29, 1.82) is 0 Å². The van der Waals surface area contributed by atoms with Crippen molar-refractivity contribution in [3.63, 3.8) is 0 Å². The fraction of sp³-hybridized carbons (Fsp3) is 0.542. The second-order valence-electron chi connectivity index (χ2n) is 8.00. The average molecular weight is 631 g/mol. The normalized spacial score (nSPS) is 9.94. The van der Waals surface area contributed by atoms with Crippen LogP contribution < -0.4 is 116 Å². The summed E-state index contributed by atoms with van der Waals surface area (Å²) < 4.78 is 10.4. The van der Waals surface area contributed by atoms with Crippen LogP contribution in [0.15, 0.2) is 24.3 Å². The van der Waals surface area contributed by atoms with Crippen LogP contribution in [0.2, 0.25) is 0 Å². The van der Waals surface area contributed by atoms with E-state index < -0.39 is 18.2 Å². The molecule has 1 aromatic rings. The molecular formula is C24H32N2O7Rb2. The third-order valence-electron chi connectivity index (χ3n) is 4.13. The van der Waals surface area contributed by atoms with E-state index in [2.05, 4.69) is 10.6 Å². The first-order valence-corrected chi connectivity index (χ1v) is 10.9. The largest absolute Gasteiger partial charge is 1.00 e. The van der Waals surface area contributed by atoms with Gasteiger partial charge in [-0.15, -0.1) is 12.2 Å². The molecule has 2 amide bonds. The fourth-order valence-corrected chi connectivity index (χ4v) is 2.70. The van der Waals surface area contributed by atoms with Crippen LogP contribution in [0.25, 0.3) is 10.6 Å². The molecule has 0 heterocycles. The van der Waals surface area contributed by atoms with Gasteiger partial charge in [0.1, 0.15) is 11.6 Å². The Labute approximate surface area is 305 Å². The molecule has 1 aromatic carbocycles. The number of Topliss-reactive ketones (excluding diaryl/α,β-unsaturated/α-hetero) is 2. The van der Waals surface area contributed by atoms with Crippen LogP contribution in [0, 0.1) is 5.92 Å². The molecule has 0 spiro atoms. The number of ketones is 2. The minimum Gasteiger partial charge on any atom is -0.651 e.